The molecule has 182 valence electrons. The molecule has 0 aliphatic heterocycles. The number of rotatable bonds is 10. The summed E-state index contributed by atoms with van der Waals surface area (Å²) in [7, 11) is 0. The predicted molar refractivity (Wildman–Crippen MR) is 137 cm³/mol. The van der Waals surface area contributed by atoms with Crippen LogP contribution in [0, 0.1) is 0 Å². The van der Waals surface area contributed by atoms with Crippen LogP contribution in [0.2, 0.25) is 0 Å². The molecule has 2 aromatic heterocycles. The average Bonchev–Trinajstić information content (AvgIpc) is 3.57. The number of nitrogens with zero attached hydrogens (tertiary/aromatic N) is 5. The average molecular weight is 482 g/mol. The summed E-state index contributed by atoms with van der Waals surface area (Å²) in [5.41, 5.74) is 4.52. The zero-order valence-corrected chi connectivity index (χ0v) is 20.1. The highest BCUT2D eigenvalue weighted by molar-refractivity contribution is 5.90. The molecule has 0 fully saturated rings. The smallest absolute Gasteiger partial charge is 0.365 e. The predicted octanol–water partition coefficient (Wildman–Crippen LogP) is 5.51. The molecule has 0 unspecified atom stereocenters. The Labute approximate surface area is 209 Å². The normalized spacial score (nSPS) is 11.0. The number of unbranched alkanes of at least 4 members (excludes halogenated alkanes) is 3. The molecule has 0 amide bonds. The van der Waals surface area contributed by atoms with E-state index in [9.17, 15) is 4.79 Å². The highest BCUT2D eigenvalue weighted by atomic mass is 16.7. The first-order chi connectivity index (χ1) is 17.7. The van der Waals surface area contributed by atoms with Gasteiger partial charge in [-0.3, -0.25) is 0 Å². The van der Waals surface area contributed by atoms with Gasteiger partial charge in [0.25, 0.3) is 0 Å². The standard InChI is InChI=1S/C28H27N5O3/c1-2-3-4-7-18-35-25-16-14-24(15-17-25)32-20-23(19-29-32)21-10-12-22(13-11-21)28(34)36-33-27-9-6-5-8-26(27)30-31-33/h5-6,8-17,19-20H,2-4,7,18H2,1H3. The molecule has 8 heteroatoms. The molecule has 36 heavy (non-hydrogen) atoms. The Hall–Kier alpha value is -4.46. The highest BCUT2D eigenvalue weighted by Gasteiger charge is 2.13. The van der Waals surface area contributed by atoms with Crippen molar-refractivity contribution in [1.82, 2.24) is 24.9 Å². The summed E-state index contributed by atoms with van der Waals surface area (Å²) in [5, 5.41) is 12.4. The summed E-state index contributed by atoms with van der Waals surface area (Å²) in [6, 6.07) is 22.4. The lowest BCUT2D eigenvalue weighted by Gasteiger charge is -2.07. The van der Waals surface area contributed by atoms with Gasteiger partial charge >= 0.3 is 5.97 Å². The van der Waals surface area contributed by atoms with Gasteiger partial charge in [0.05, 0.1) is 24.1 Å². The summed E-state index contributed by atoms with van der Waals surface area (Å²) >= 11 is 0. The topological polar surface area (TPSA) is 84.1 Å². The number of hydrogen-bond acceptors (Lipinski definition) is 6. The van der Waals surface area contributed by atoms with Crippen molar-refractivity contribution in [2.24, 2.45) is 0 Å². The summed E-state index contributed by atoms with van der Waals surface area (Å²) in [6.07, 6.45) is 8.50. The van der Waals surface area contributed by atoms with Crippen LogP contribution in [0.15, 0.2) is 85.2 Å². The molecule has 3 aromatic carbocycles. The second-order valence-corrected chi connectivity index (χ2v) is 8.48. The van der Waals surface area contributed by atoms with Crippen LogP contribution in [0.5, 0.6) is 5.75 Å². The van der Waals surface area contributed by atoms with Crippen molar-refractivity contribution in [3.8, 4) is 22.6 Å². The molecule has 0 spiro atoms. The molecule has 0 aliphatic rings. The van der Waals surface area contributed by atoms with Gasteiger partial charge in [0.2, 0.25) is 0 Å². The van der Waals surface area contributed by atoms with E-state index in [1.807, 2.05) is 59.4 Å². The van der Waals surface area contributed by atoms with E-state index in [1.54, 1.807) is 30.5 Å². The Morgan fingerprint density at radius 2 is 1.69 bits per heavy atom. The number of fused-ring (bicyclic) bond motifs is 1. The molecule has 0 aliphatic carbocycles. The number of carbonyl (C=O) groups excluding carboxylic acids is 1. The molecular weight excluding hydrogens is 454 g/mol. The molecule has 0 saturated heterocycles. The summed E-state index contributed by atoms with van der Waals surface area (Å²) in [6.45, 7) is 2.94. The van der Waals surface area contributed by atoms with Crippen molar-refractivity contribution in [3.63, 3.8) is 0 Å². The number of benzene rings is 3. The second kappa shape index (κ2) is 10.9. The van der Waals surface area contributed by atoms with E-state index in [-0.39, 0.29) is 0 Å². The molecular formula is C28H27N5O3. The first-order valence-corrected chi connectivity index (χ1v) is 12.1. The van der Waals surface area contributed by atoms with Gasteiger partial charge in [-0.1, -0.05) is 55.3 Å². The van der Waals surface area contributed by atoms with E-state index < -0.39 is 5.97 Å². The van der Waals surface area contributed by atoms with Crippen LogP contribution in [-0.4, -0.2) is 37.5 Å². The van der Waals surface area contributed by atoms with Gasteiger partial charge in [-0.15, -0.1) is 5.10 Å². The molecule has 5 aromatic rings. The molecule has 0 atom stereocenters. The molecule has 8 nitrogen and oxygen atoms in total. The Balaban J connectivity index is 1.21. The minimum atomic E-state index is -0.513. The fourth-order valence-corrected chi connectivity index (χ4v) is 3.87. The monoisotopic (exact) mass is 481 g/mol. The quantitative estimate of drug-likeness (QED) is 0.193. The van der Waals surface area contributed by atoms with Crippen molar-refractivity contribution >= 4 is 17.0 Å². The third-order valence-electron chi connectivity index (χ3n) is 5.90. The van der Waals surface area contributed by atoms with Crippen molar-refractivity contribution < 1.29 is 14.4 Å². The molecule has 5 rings (SSSR count). The largest absolute Gasteiger partial charge is 0.494 e. The SMILES string of the molecule is CCCCCCOc1ccc(-n2cc(-c3ccc(C(=O)On4nnc5ccccc54)cc3)cn2)cc1. The van der Waals surface area contributed by atoms with E-state index in [0.29, 0.717) is 16.6 Å². The molecule has 0 radical (unpaired) electrons. The van der Waals surface area contributed by atoms with Gasteiger partial charge < -0.3 is 9.57 Å². The summed E-state index contributed by atoms with van der Waals surface area (Å²) < 4.78 is 7.64. The molecule has 0 saturated carbocycles. The third kappa shape index (κ3) is 5.27. The van der Waals surface area contributed by atoms with Crippen LogP contribution < -0.4 is 9.57 Å². The van der Waals surface area contributed by atoms with Gasteiger partial charge in [0.1, 0.15) is 16.8 Å². The van der Waals surface area contributed by atoms with Crippen molar-refractivity contribution in [2.75, 3.05) is 6.61 Å². The maximum Gasteiger partial charge on any atom is 0.365 e. The first-order valence-electron chi connectivity index (χ1n) is 12.1. The molecule has 0 N–H and O–H groups in total. The van der Waals surface area contributed by atoms with Crippen molar-refractivity contribution in [2.45, 2.75) is 32.6 Å². The van der Waals surface area contributed by atoms with Gasteiger partial charge in [0.15, 0.2) is 0 Å². The Morgan fingerprint density at radius 3 is 2.50 bits per heavy atom. The Morgan fingerprint density at radius 1 is 0.889 bits per heavy atom. The zero-order chi connectivity index (χ0) is 24.7. The maximum absolute atomic E-state index is 12.6. The van der Waals surface area contributed by atoms with Gasteiger partial charge in [-0.2, -0.15) is 5.10 Å². The van der Waals surface area contributed by atoms with E-state index in [0.717, 1.165) is 40.4 Å². The van der Waals surface area contributed by atoms with Gasteiger partial charge in [0, 0.05) is 11.8 Å². The van der Waals surface area contributed by atoms with Gasteiger partial charge in [-0.05, 0) is 65.7 Å². The Bertz CT molecular complexity index is 1440. The van der Waals surface area contributed by atoms with Crippen LogP contribution in [0.25, 0.3) is 27.8 Å². The van der Waals surface area contributed by atoms with E-state index in [4.69, 9.17) is 9.57 Å². The number of para-hydroxylation sites is 1. The van der Waals surface area contributed by atoms with Crippen LogP contribution in [0.4, 0.5) is 0 Å². The summed E-state index contributed by atoms with van der Waals surface area (Å²) in [4.78, 5) is 19.1. The zero-order valence-electron chi connectivity index (χ0n) is 20.1. The van der Waals surface area contributed by atoms with Crippen LogP contribution >= 0.6 is 0 Å². The lowest BCUT2D eigenvalue weighted by molar-refractivity contribution is 0.0409. The third-order valence-corrected chi connectivity index (χ3v) is 5.90. The maximum atomic E-state index is 12.6. The number of ether oxygens (including phenoxy) is 1. The minimum absolute atomic E-state index is 0.413. The lowest BCUT2D eigenvalue weighted by atomic mass is 10.1. The fourth-order valence-electron chi connectivity index (χ4n) is 3.87. The van der Waals surface area contributed by atoms with E-state index >= 15 is 0 Å². The number of carbonyl (C=O) groups is 1. The molecule has 2 heterocycles. The van der Waals surface area contributed by atoms with Gasteiger partial charge in [-0.25, -0.2) is 9.48 Å². The lowest BCUT2D eigenvalue weighted by Crippen LogP contribution is -2.20. The number of hydrogen-bond donors (Lipinski definition) is 0. The number of aromatic nitrogens is 5. The van der Waals surface area contributed by atoms with Crippen molar-refractivity contribution in [1.29, 1.82) is 0 Å². The van der Waals surface area contributed by atoms with E-state index in [2.05, 4.69) is 22.3 Å². The van der Waals surface area contributed by atoms with Crippen LogP contribution in [0.3, 0.4) is 0 Å². The van der Waals surface area contributed by atoms with Crippen molar-refractivity contribution in [3.05, 3.63) is 90.8 Å². The molecule has 0 bridgehead atoms. The minimum Gasteiger partial charge on any atom is -0.494 e. The second-order valence-electron chi connectivity index (χ2n) is 8.48. The summed E-state index contributed by atoms with van der Waals surface area (Å²) in [5.74, 6) is 0.351. The fraction of sp³-hybridized carbons (Fsp3) is 0.214. The highest BCUT2D eigenvalue weighted by Crippen LogP contribution is 2.22. The van der Waals surface area contributed by atoms with Crippen LogP contribution in [0.1, 0.15) is 43.0 Å². The Kier molecular flexibility index (Phi) is 7.02. The van der Waals surface area contributed by atoms with Crippen LogP contribution in [-0.2, 0) is 0 Å². The first kappa shape index (κ1) is 23.3. The van der Waals surface area contributed by atoms with E-state index in [1.165, 1.54) is 19.3 Å².